The van der Waals surface area contributed by atoms with Crippen molar-refractivity contribution in [3.63, 3.8) is 0 Å². The van der Waals surface area contributed by atoms with Crippen molar-refractivity contribution in [1.82, 2.24) is 23.9 Å². The molecule has 1 aromatic carbocycles. The van der Waals surface area contributed by atoms with Crippen molar-refractivity contribution >= 4 is 27.4 Å². The minimum absolute atomic E-state index is 0.138. The molecule has 10 nitrogen and oxygen atoms in total. The molecule has 2 amide bonds. The van der Waals surface area contributed by atoms with Crippen LogP contribution in [0.4, 0.5) is 10.5 Å². The second kappa shape index (κ2) is 8.42. The Labute approximate surface area is 213 Å². The van der Waals surface area contributed by atoms with Gasteiger partial charge in [-0.2, -0.15) is 13.5 Å². The zero-order valence-corrected chi connectivity index (χ0v) is 20.9. The van der Waals surface area contributed by atoms with Gasteiger partial charge in [0.15, 0.2) is 5.03 Å². The molecule has 1 fully saturated rings. The number of nitrogens with one attached hydrogen (secondary N) is 2. The van der Waals surface area contributed by atoms with Crippen LogP contribution in [0, 0.1) is 5.92 Å². The van der Waals surface area contributed by atoms with Crippen LogP contribution in [0.1, 0.15) is 42.2 Å². The van der Waals surface area contributed by atoms with Gasteiger partial charge in [0.2, 0.25) is 0 Å². The fourth-order valence-electron chi connectivity index (χ4n) is 5.51. The third kappa shape index (κ3) is 3.98. The number of aryl methyl sites for hydroxylation is 1. The summed E-state index contributed by atoms with van der Waals surface area (Å²) in [4.78, 5) is 17.5. The smallest absolute Gasteiger partial charge is 0.333 e. The molecular weight excluding hydrogens is 492 g/mol. The first-order chi connectivity index (χ1) is 18.0. The summed E-state index contributed by atoms with van der Waals surface area (Å²) in [5.74, 6) is 0.405. The van der Waals surface area contributed by atoms with Gasteiger partial charge in [-0.25, -0.2) is 14.5 Å². The Morgan fingerprint density at radius 1 is 1.11 bits per heavy atom. The molecule has 1 aliphatic heterocycles. The molecule has 1 atom stereocenters. The van der Waals surface area contributed by atoms with Gasteiger partial charge in [0.05, 0.1) is 24.5 Å². The Kier molecular flexibility index (Phi) is 5.12. The highest BCUT2D eigenvalue weighted by molar-refractivity contribution is 7.90. The molecule has 0 saturated heterocycles. The first-order valence-electron chi connectivity index (χ1n) is 12.6. The quantitative estimate of drug-likeness (QED) is 0.416. The number of carbonyl (C=O) groups is 1. The van der Waals surface area contributed by atoms with Crippen molar-refractivity contribution in [3.8, 4) is 11.1 Å². The minimum atomic E-state index is -4.18. The first kappa shape index (κ1) is 22.5. The van der Waals surface area contributed by atoms with Gasteiger partial charge >= 0.3 is 6.03 Å². The summed E-state index contributed by atoms with van der Waals surface area (Å²) in [7, 11) is -4.18. The summed E-state index contributed by atoms with van der Waals surface area (Å²) >= 11 is 0. The third-order valence-corrected chi connectivity index (χ3v) is 8.67. The lowest BCUT2D eigenvalue weighted by molar-refractivity contribution is 0.00273. The van der Waals surface area contributed by atoms with Crippen LogP contribution >= 0.6 is 0 Å². The SMILES string of the molecule is O=C(Nc1c(-c2ccn3ccnc3c2)ccc2c1CCC2)NS(=O)(=O)c1cc2n(n1)CCOC2C1CC1. The first-order valence-corrected chi connectivity index (χ1v) is 14.1. The molecule has 2 aliphatic carbocycles. The van der Waals surface area contributed by atoms with Crippen molar-refractivity contribution in [2.75, 3.05) is 11.9 Å². The molecule has 0 bridgehead atoms. The Morgan fingerprint density at radius 3 is 2.86 bits per heavy atom. The molecule has 0 radical (unpaired) electrons. The van der Waals surface area contributed by atoms with E-state index in [4.69, 9.17) is 4.74 Å². The molecule has 4 aromatic rings. The van der Waals surface area contributed by atoms with E-state index >= 15 is 0 Å². The van der Waals surface area contributed by atoms with Crippen molar-refractivity contribution < 1.29 is 17.9 Å². The summed E-state index contributed by atoms with van der Waals surface area (Å²) in [6.45, 7) is 0.982. The van der Waals surface area contributed by atoms with Crippen LogP contribution in [0.5, 0.6) is 0 Å². The Morgan fingerprint density at radius 2 is 2.00 bits per heavy atom. The number of fused-ring (bicyclic) bond motifs is 3. The number of carbonyl (C=O) groups excluding carboxylic acids is 1. The van der Waals surface area contributed by atoms with Gasteiger partial charge in [-0.1, -0.05) is 12.1 Å². The number of anilines is 1. The maximum atomic E-state index is 13.1. The molecular formula is C26H26N6O4S. The molecule has 37 heavy (non-hydrogen) atoms. The summed E-state index contributed by atoms with van der Waals surface area (Å²) in [5, 5.41) is 6.98. The molecule has 1 saturated carbocycles. The highest BCUT2D eigenvalue weighted by atomic mass is 32.2. The van der Waals surface area contributed by atoms with Gasteiger partial charge in [-0.15, -0.1) is 0 Å². The van der Waals surface area contributed by atoms with Crippen LogP contribution in [-0.4, -0.2) is 40.2 Å². The molecule has 2 N–H and O–H groups in total. The van der Waals surface area contributed by atoms with Crippen molar-refractivity contribution in [2.24, 2.45) is 5.92 Å². The van der Waals surface area contributed by atoms with Crippen LogP contribution in [-0.2, 0) is 34.1 Å². The number of urea groups is 1. The summed E-state index contributed by atoms with van der Waals surface area (Å²) < 4.78 is 37.9. The van der Waals surface area contributed by atoms with E-state index in [9.17, 15) is 13.2 Å². The minimum Gasteiger partial charge on any atom is -0.370 e. The van der Waals surface area contributed by atoms with Crippen molar-refractivity contribution in [1.29, 1.82) is 0 Å². The predicted octanol–water partition coefficient (Wildman–Crippen LogP) is 3.68. The van der Waals surface area contributed by atoms with E-state index in [1.165, 1.54) is 6.07 Å². The van der Waals surface area contributed by atoms with E-state index in [1.54, 1.807) is 10.9 Å². The fraction of sp³-hybridized carbons (Fsp3) is 0.346. The average molecular weight is 519 g/mol. The number of amides is 2. The molecule has 4 heterocycles. The van der Waals surface area contributed by atoms with Crippen molar-refractivity contribution in [2.45, 2.75) is 49.8 Å². The molecule has 11 heteroatoms. The number of sulfonamides is 1. The van der Waals surface area contributed by atoms with Gasteiger partial charge in [0, 0.05) is 30.2 Å². The number of nitrogens with zero attached hydrogens (tertiary/aromatic N) is 4. The Hall–Kier alpha value is -3.70. The summed E-state index contributed by atoms with van der Waals surface area (Å²) in [6, 6.07) is 8.68. The number of ether oxygens (including phenoxy) is 1. The van der Waals surface area contributed by atoms with E-state index in [0.29, 0.717) is 24.8 Å². The Bertz CT molecular complexity index is 1650. The van der Waals surface area contributed by atoms with Crippen LogP contribution in [0.25, 0.3) is 16.8 Å². The summed E-state index contributed by atoms with van der Waals surface area (Å²) in [6.07, 6.45) is 10.2. The van der Waals surface area contributed by atoms with Gasteiger partial charge < -0.3 is 14.5 Å². The van der Waals surface area contributed by atoms with Gasteiger partial charge in [-0.3, -0.25) is 4.68 Å². The second-order valence-corrected chi connectivity index (χ2v) is 11.5. The second-order valence-electron chi connectivity index (χ2n) is 9.91. The zero-order chi connectivity index (χ0) is 25.1. The summed E-state index contributed by atoms with van der Waals surface area (Å²) in [5.41, 5.74) is 6.08. The van der Waals surface area contributed by atoms with Gasteiger partial charge in [0.1, 0.15) is 11.8 Å². The van der Waals surface area contributed by atoms with E-state index in [-0.39, 0.29) is 11.1 Å². The molecule has 3 aromatic heterocycles. The number of benzene rings is 1. The number of pyridine rings is 1. The maximum Gasteiger partial charge on any atom is 0.333 e. The molecule has 190 valence electrons. The largest absolute Gasteiger partial charge is 0.370 e. The van der Waals surface area contributed by atoms with E-state index < -0.39 is 16.1 Å². The normalized spacial score (nSPS) is 19.0. The number of hydrogen-bond donors (Lipinski definition) is 2. The predicted molar refractivity (Wildman–Crippen MR) is 136 cm³/mol. The Balaban J connectivity index is 1.18. The van der Waals surface area contributed by atoms with Gasteiger partial charge in [-0.05, 0) is 66.8 Å². The van der Waals surface area contributed by atoms with Crippen LogP contribution in [0.2, 0.25) is 0 Å². The number of imidazole rings is 1. The number of aromatic nitrogens is 4. The van der Waals surface area contributed by atoms with E-state index in [0.717, 1.165) is 65.7 Å². The fourth-order valence-corrected chi connectivity index (χ4v) is 6.40. The van der Waals surface area contributed by atoms with E-state index in [1.807, 2.05) is 35.0 Å². The van der Waals surface area contributed by atoms with Gasteiger partial charge in [0.25, 0.3) is 10.0 Å². The third-order valence-electron chi connectivity index (χ3n) is 7.46. The van der Waals surface area contributed by atoms with Crippen molar-refractivity contribution in [3.05, 3.63) is 65.7 Å². The monoisotopic (exact) mass is 518 g/mol. The zero-order valence-electron chi connectivity index (χ0n) is 20.1. The number of rotatable bonds is 5. The molecule has 7 rings (SSSR count). The standard InChI is InChI=1S/C26H26N6O4S/c33-26(30-37(34,35)23-15-21-25(17-4-5-17)36-13-12-32(21)29-23)28-24-19-3-1-2-16(19)6-7-20(24)18-8-10-31-11-9-27-22(31)14-18/h6-11,14-15,17,25H,1-5,12-13H2,(H2,28,30,33). The molecule has 1 unspecified atom stereocenters. The molecule has 0 spiro atoms. The maximum absolute atomic E-state index is 13.1. The highest BCUT2D eigenvalue weighted by Crippen LogP contribution is 2.45. The van der Waals surface area contributed by atoms with Crippen LogP contribution in [0.15, 0.2) is 53.9 Å². The van der Waals surface area contributed by atoms with E-state index in [2.05, 4.69) is 26.2 Å². The topological polar surface area (TPSA) is 120 Å². The average Bonchev–Trinajstić information content (AvgIpc) is 3.26. The molecule has 3 aliphatic rings. The van der Waals surface area contributed by atoms with Crippen LogP contribution < -0.4 is 10.0 Å². The lowest BCUT2D eigenvalue weighted by atomic mass is 9.98. The highest BCUT2D eigenvalue weighted by Gasteiger charge is 2.38. The lowest BCUT2D eigenvalue weighted by Crippen LogP contribution is -2.35. The van der Waals surface area contributed by atoms with Crippen LogP contribution in [0.3, 0.4) is 0 Å². The lowest BCUT2D eigenvalue weighted by Gasteiger charge is -2.23. The number of hydrogen-bond acceptors (Lipinski definition) is 6.